The second-order valence-electron chi connectivity index (χ2n) is 4.82. The van der Waals surface area contributed by atoms with Gasteiger partial charge in [0.1, 0.15) is 11.5 Å². The number of ether oxygens (including phenoxy) is 1. The van der Waals surface area contributed by atoms with Gasteiger partial charge in [0.25, 0.3) is 0 Å². The molecule has 2 rings (SSSR count). The summed E-state index contributed by atoms with van der Waals surface area (Å²) in [4.78, 5) is 2.13. The standard InChI is InChI=1S/C15H19BrN2O2/c1-18(2)10-11-4-5-14(19-3)13(8-11)17-9-15-12(16)6-7-20-15/h4-8,17H,9-10H2,1-3H3. The lowest BCUT2D eigenvalue weighted by Crippen LogP contribution is -2.11. The van der Waals surface area contributed by atoms with Crippen molar-refractivity contribution in [1.82, 2.24) is 4.90 Å². The lowest BCUT2D eigenvalue weighted by Gasteiger charge is -2.14. The van der Waals surface area contributed by atoms with E-state index in [4.69, 9.17) is 9.15 Å². The van der Waals surface area contributed by atoms with E-state index in [9.17, 15) is 0 Å². The van der Waals surface area contributed by atoms with Crippen LogP contribution in [0.25, 0.3) is 0 Å². The highest BCUT2D eigenvalue weighted by Gasteiger charge is 2.08. The van der Waals surface area contributed by atoms with Crippen molar-refractivity contribution in [2.45, 2.75) is 13.1 Å². The number of furan rings is 1. The number of halogens is 1. The molecule has 0 amide bonds. The van der Waals surface area contributed by atoms with Gasteiger partial charge in [0.05, 0.1) is 30.1 Å². The zero-order valence-electron chi connectivity index (χ0n) is 11.9. The zero-order chi connectivity index (χ0) is 14.5. The van der Waals surface area contributed by atoms with E-state index in [1.165, 1.54) is 5.56 Å². The molecule has 1 aromatic heterocycles. The van der Waals surface area contributed by atoms with Crippen LogP contribution in [0.5, 0.6) is 5.75 Å². The summed E-state index contributed by atoms with van der Waals surface area (Å²) in [5, 5.41) is 3.35. The van der Waals surface area contributed by atoms with Crippen LogP contribution in [0.3, 0.4) is 0 Å². The van der Waals surface area contributed by atoms with E-state index < -0.39 is 0 Å². The van der Waals surface area contributed by atoms with Crippen LogP contribution in [0.1, 0.15) is 11.3 Å². The summed E-state index contributed by atoms with van der Waals surface area (Å²) in [6, 6.07) is 8.05. The van der Waals surface area contributed by atoms with Gasteiger partial charge in [-0.05, 0) is 53.8 Å². The maximum absolute atomic E-state index is 5.40. The number of rotatable bonds is 6. The molecule has 5 heteroatoms. The first-order valence-corrected chi connectivity index (χ1v) is 7.17. The van der Waals surface area contributed by atoms with Gasteiger partial charge in [0, 0.05) is 6.54 Å². The van der Waals surface area contributed by atoms with Gasteiger partial charge in [0.2, 0.25) is 0 Å². The van der Waals surface area contributed by atoms with Crippen molar-refractivity contribution in [3.05, 3.63) is 46.3 Å². The van der Waals surface area contributed by atoms with Crippen molar-refractivity contribution in [3.8, 4) is 5.75 Å². The Balaban J connectivity index is 2.13. The van der Waals surface area contributed by atoms with Crippen LogP contribution in [0, 0.1) is 0 Å². The average Bonchev–Trinajstić information content (AvgIpc) is 2.81. The number of benzene rings is 1. The second kappa shape index (κ2) is 6.81. The van der Waals surface area contributed by atoms with Crippen molar-refractivity contribution >= 4 is 21.6 Å². The minimum Gasteiger partial charge on any atom is -0.495 e. The fourth-order valence-corrected chi connectivity index (χ4v) is 2.33. The largest absolute Gasteiger partial charge is 0.495 e. The number of anilines is 1. The third-order valence-electron chi connectivity index (χ3n) is 2.89. The molecule has 0 fully saturated rings. The molecule has 1 N–H and O–H groups in total. The van der Waals surface area contributed by atoms with Crippen LogP contribution in [0.4, 0.5) is 5.69 Å². The lowest BCUT2D eigenvalue weighted by atomic mass is 10.1. The van der Waals surface area contributed by atoms with Crippen LogP contribution in [0.15, 0.2) is 39.4 Å². The van der Waals surface area contributed by atoms with Gasteiger partial charge in [-0.3, -0.25) is 0 Å². The minimum atomic E-state index is 0.607. The van der Waals surface area contributed by atoms with E-state index >= 15 is 0 Å². The molecule has 108 valence electrons. The monoisotopic (exact) mass is 338 g/mol. The number of methoxy groups -OCH3 is 1. The predicted molar refractivity (Wildman–Crippen MR) is 84.1 cm³/mol. The van der Waals surface area contributed by atoms with E-state index in [0.717, 1.165) is 28.2 Å². The summed E-state index contributed by atoms with van der Waals surface area (Å²) >= 11 is 3.45. The molecule has 1 aromatic carbocycles. The molecule has 0 aliphatic heterocycles. The first-order valence-electron chi connectivity index (χ1n) is 6.37. The normalized spacial score (nSPS) is 10.8. The number of nitrogens with zero attached hydrogens (tertiary/aromatic N) is 1. The van der Waals surface area contributed by atoms with Crippen molar-refractivity contribution in [2.75, 3.05) is 26.5 Å². The molecular formula is C15H19BrN2O2. The molecule has 0 aliphatic rings. The smallest absolute Gasteiger partial charge is 0.141 e. The molecule has 20 heavy (non-hydrogen) atoms. The second-order valence-corrected chi connectivity index (χ2v) is 5.67. The van der Waals surface area contributed by atoms with Gasteiger partial charge < -0.3 is 19.4 Å². The molecule has 0 radical (unpaired) electrons. The van der Waals surface area contributed by atoms with Gasteiger partial charge >= 0.3 is 0 Å². The van der Waals surface area contributed by atoms with E-state index in [0.29, 0.717) is 6.54 Å². The molecule has 2 aromatic rings. The fraction of sp³-hybridized carbons (Fsp3) is 0.333. The first-order chi connectivity index (χ1) is 9.60. The van der Waals surface area contributed by atoms with Crippen LogP contribution >= 0.6 is 15.9 Å². The maximum Gasteiger partial charge on any atom is 0.141 e. The van der Waals surface area contributed by atoms with E-state index in [1.54, 1.807) is 13.4 Å². The summed E-state index contributed by atoms with van der Waals surface area (Å²) < 4.78 is 11.7. The SMILES string of the molecule is COc1ccc(CN(C)C)cc1NCc1occc1Br. The lowest BCUT2D eigenvalue weighted by molar-refractivity contribution is 0.400. The van der Waals surface area contributed by atoms with Crippen LogP contribution in [-0.4, -0.2) is 26.1 Å². The molecule has 0 saturated carbocycles. The fourth-order valence-electron chi connectivity index (χ4n) is 1.98. The highest BCUT2D eigenvalue weighted by atomic mass is 79.9. The Morgan fingerprint density at radius 1 is 1.30 bits per heavy atom. The van der Waals surface area contributed by atoms with Crippen molar-refractivity contribution < 1.29 is 9.15 Å². The maximum atomic E-state index is 5.40. The average molecular weight is 339 g/mol. The summed E-state index contributed by atoms with van der Waals surface area (Å²) in [6.07, 6.45) is 1.67. The topological polar surface area (TPSA) is 37.6 Å². The Morgan fingerprint density at radius 2 is 2.10 bits per heavy atom. The van der Waals surface area contributed by atoms with Gasteiger partial charge in [-0.25, -0.2) is 0 Å². The van der Waals surface area contributed by atoms with Gasteiger partial charge in [-0.2, -0.15) is 0 Å². The zero-order valence-corrected chi connectivity index (χ0v) is 13.5. The first kappa shape index (κ1) is 14.9. The Morgan fingerprint density at radius 3 is 2.70 bits per heavy atom. The summed E-state index contributed by atoms with van der Waals surface area (Å²) in [7, 11) is 5.78. The third kappa shape index (κ3) is 3.77. The molecule has 4 nitrogen and oxygen atoms in total. The highest BCUT2D eigenvalue weighted by molar-refractivity contribution is 9.10. The Hall–Kier alpha value is -1.46. The van der Waals surface area contributed by atoms with E-state index in [1.807, 2.05) is 12.1 Å². The van der Waals surface area contributed by atoms with Crippen molar-refractivity contribution in [3.63, 3.8) is 0 Å². The van der Waals surface area contributed by atoms with Crippen LogP contribution in [0.2, 0.25) is 0 Å². The molecule has 0 saturated heterocycles. The molecular weight excluding hydrogens is 320 g/mol. The Kier molecular flexibility index (Phi) is 5.09. The van der Waals surface area contributed by atoms with Crippen molar-refractivity contribution in [2.24, 2.45) is 0 Å². The predicted octanol–water partition coefficient (Wildman–Crippen LogP) is 3.72. The van der Waals surface area contributed by atoms with Gasteiger partial charge in [-0.15, -0.1) is 0 Å². The number of nitrogens with one attached hydrogen (secondary N) is 1. The quantitative estimate of drug-likeness (QED) is 0.870. The van der Waals surface area contributed by atoms with Gasteiger partial charge in [-0.1, -0.05) is 6.07 Å². The minimum absolute atomic E-state index is 0.607. The highest BCUT2D eigenvalue weighted by Crippen LogP contribution is 2.27. The third-order valence-corrected chi connectivity index (χ3v) is 3.60. The molecule has 0 atom stereocenters. The van der Waals surface area contributed by atoms with E-state index in [2.05, 4.69) is 52.4 Å². The summed E-state index contributed by atoms with van der Waals surface area (Å²) in [6.45, 7) is 1.50. The molecule has 0 aliphatic carbocycles. The molecule has 0 unspecified atom stereocenters. The Labute approximate surface area is 127 Å². The molecule has 0 bridgehead atoms. The van der Waals surface area contributed by atoms with E-state index in [-0.39, 0.29) is 0 Å². The van der Waals surface area contributed by atoms with Gasteiger partial charge in [0.15, 0.2) is 0 Å². The van der Waals surface area contributed by atoms with Crippen molar-refractivity contribution in [1.29, 1.82) is 0 Å². The number of hydrogen-bond acceptors (Lipinski definition) is 4. The van der Waals surface area contributed by atoms with Crippen LogP contribution < -0.4 is 10.1 Å². The molecule has 0 spiro atoms. The summed E-state index contributed by atoms with van der Waals surface area (Å²) in [5.41, 5.74) is 2.20. The number of hydrogen-bond donors (Lipinski definition) is 1. The Bertz CT molecular complexity index is 567. The van der Waals surface area contributed by atoms with Crippen LogP contribution in [-0.2, 0) is 13.1 Å². The summed E-state index contributed by atoms with van der Waals surface area (Å²) in [5.74, 6) is 1.69. The molecule has 1 heterocycles.